The first-order chi connectivity index (χ1) is 14.9. The van der Waals surface area contributed by atoms with Gasteiger partial charge in [0.1, 0.15) is 11.5 Å². The van der Waals surface area contributed by atoms with Crippen LogP contribution in [0.4, 0.5) is 0 Å². The SMILES string of the molecule is BrCCCCCCCCCCOc1ccc(OCCCCCCCCCCBr)cc1. The lowest BCUT2D eigenvalue weighted by molar-refractivity contribution is 0.296. The van der Waals surface area contributed by atoms with E-state index in [-0.39, 0.29) is 0 Å². The van der Waals surface area contributed by atoms with Gasteiger partial charge in [0.25, 0.3) is 0 Å². The molecule has 0 saturated heterocycles. The van der Waals surface area contributed by atoms with Crippen LogP contribution in [0.1, 0.15) is 103 Å². The van der Waals surface area contributed by atoms with Gasteiger partial charge in [0.15, 0.2) is 0 Å². The second-order valence-corrected chi connectivity index (χ2v) is 9.79. The predicted molar refractivity (Wildman–Crippen MR) is 139 cm³/mol. The van der Waals surface area contributed by atoms with Crippen LogP contribution in [-0.4, -0.2) is 23.9 Å². The molecular formula is C26H44Br2O2. The first-order valence-electron chi connectivity index (χ1n) is 12.3. The molecule has 0 aliphatic rings. The lowest BCUT2D eigenvalue weighted by Crippen LogP contribution is -1.99. The van der Waals surface area contributed by atoms with E-state index < -0.39 is 0 Å². The predicted octanol–water partition coefficient (Wildman–Crippen LogP) is 9.48. The number of unbranched alkanes of at least 4 members (excludes halogenated alkanes) is 14. The molecular weight excluding hydrogens is 504 g/mol. The van der Waals surface area contributed by atoms with Crippen LogP contribution in [0.3, 0.4) is 0 Å². The Morgan fingerprint density at radius 3 is 0.967 bits per heavy atom. The highest BCUT2D eigenvalue weighted by molar-refractivity contribution is 9.09. The molecule has 0 aliphatic carbocycles. The van der Waals surface area contributed by atoms with E-state index in [1.165, 1.54) is 89.9 Å². The molecule has 174 valence electrons. The van der Waals surface area contributed by atoms with Gasteiger partial charge in [0.05, 0.1) is 13.2 Å². The molecule has 30 heavy (non-hydrogen) atoms. The van der Waals surface area contributed by atoms with Gasteiger partial charge in [-0.2, -0.15) is 0 Å². The minimum absolute atomic E-state index is 0.819. The molecule has 0 aliphatic heterocycles. The molecule has 0 spiro atoms. The summed E-state index contributed by atoms with van der Waals surface area (Å²) in [6.45, 7) is 1.64. The summed E-state index contributed by atoms with van der Waals surface area (Å²) in [4.78, 5) is 0. The van der Waals surface area contributed by atoms with Crippen LogP contribution in [0.25, 0.3) is 0 Å². The quantitative estimate of drug-likeness (QED) is 0.106. The summed E-state index contributed by atoms with van der Waals surface area (Å²) >= 11 is 6.98. The minimum Gasteiger partial charge on any atom is -0.494 e. The zero-order valence-electron chi connectivity index (χ0n) is 19.0. The van der Waals surface area contributed by atoms with Crippen molar-refractivity contribution in [3.63, 3.8) is 0 Å². The van der Waals surface area contributed by atoms with Crippen molar-refractivity contribution in [3.8, 4) is 11.5 Å². The maximum atomic E-state index is 5.86. The normalized spacial score (nSPS) is 11.0. The zero-order chi connectivity index (χ0) is 21.5. The Kier molecular flexibility index (Phi) is 20.4. The van der Waals surface area contributed by atoms with Crippen LogP contribution < -0.4 is 9.47 Å². The number of hydrogen-bond acceptors (Lipinski definition) is 2. The van der Waals surface area contributed by atoms with Gasteiger partial charge in [-0.05, 0) is 49.9 Å². The topological polar surface area (TPSA) is 18.5 Å². The van der Waals surface area contributed by atoms with Crippen LogP contribution >= 0.6 is 31.9 Å². The third kappa shape index (κ3) is 17.5. The first-order valence-corrected chi connectivity index (χ1v) is 14.6. The monoisotopic (exact) mass is 546 g/mol. The summed E-state index contributed by atoms with van der Waals surface area (Å²) in [5, 5.41) is 2.30. The first kappa shape index (κ1) is 27.8. The van der Waals surface area contributed by atoms with Crippen molar-refractivity contribution < 1.29 is 9.47 Å². The fourth-order valence-corrected chi connectivity index (χ4v) is 4.32. The molecule has 4 heteroatoms. The third-order valence-electron chi connectivity index (χ3n) is 5.42. The average Bonchev–Trinajstić information content (AvgIpc) is 2.77. The van der Waals surface area contributed by atoms with E-state index in [0.29, 0.717) is 0 Å². The molecule has 1 aromatic carbocycles. The summed E-state index contributed by atoms with van der Waals surface area (Å²) < 4.78 is 11.7. The second kappa shape index (κ2) is 22.0. The number of alkyl halides is 2. The van der Waals surface area contributed by atoms with Crippen molar-refractivity contribution in [3.05, 3.63) is 24.3 Å². The number of halogens is 2. The molecule has 0 fully saturated rings. The Morgan fingerprint density at radius 1 is 0.400 bits per heavy atom. The Hall–Kier alpha value is -0.220. The van der Waals surface area contributed by atoms with Gasteiger partial charge < -0.3 is 9.47 Å². The van der Waals surface area contributed by atoms with Gasteiger partial charge in [0.2, 0.25) is 0 Å². The number of hydrogen-bond donors (Lipinski definition) is 0. The van der Waals surface area contributed by atoms with Gasteiger partial charge in [-0.1, -0.05) is 109 Å². The molecule has 0 heterocycles. The highest BCUT2D eigenvalue weighted by Gasteiger charge is 1.98. The van der Waals surface area contributed by atoms with Crippen molar-refractivity contribution in [2.45, 2.75) is 103 Å². The lowest BCUT2D eigenvalue weighted by Gasteiger charge is -2.09. The van der Waals surface area contributed by atoms with E-state index in [0.717, 1.165) is 48.2 Å². The molecule has 0 atom stereocenters. The number of rotatable bonds is 22. The van der Waals surface area contributed by atoms with Gasteiger partial charge in [0, 0.05) is 10.7 Å². The van der Waals surface area contributed by atoms with Gasteiger partial charge in [-0.15, -0.1) is 0 Å². The molecule has 1 aromatic rings. The number of ether oxygens (including phenoxy) is 2. The fraction of sp³-hybridized carbons (Fsp3) is 0.769. The van der Waals surface area contributed by atoms with Crippen LogP contribution in [0.15, 0.2) is 24.3 Å². The molecule has 0 amide bonds. The lowest BCUT2D eigenvalue weighted by atomic mass is 10.1. The van der Waals surface area contributed by atoms with Crippen LogP contribution in [0.2, 0.25) is 0 Å². The van der Waals surface area contributed by atoms with Crippen molar-refractivity contribution in [1.82, 2.24) is 0 Å². The van der Waals surface area contributed by atoms with E-state index >= 15 is 0 Å². The van der Waals surface area contributed by atoms with E-state index in [1.807, 2.05) is 24.3 Å². The van der Waals surface area contributed by atoms with Crippen molar-refractivity contribution in [1.29, 1.82) is 0 Å². The van der Waals surface area contributed by atoms with Crippen molar-refractivity contribution >= 4 is 31.9 Å². The summed E-state index contributed by atoms with van der Waals surface area (Å²) in [5.74, 6) is 1.91. The Bertz CT molecular complexity index is 422. The van der Waals surface area contributed by atoms with Gasteiger partial charge in [-0.25, -0.2) is 0 Å². The Labute approximate surface area is 203 Å². The largest absolute Gasteiger partial charge is 0.494 e. The van der Waals surface area contributed by atoms with E-state index in [1.54, 1.807) is 0 Å². The highest BCUT2D eigenvalue weighted by atomic mass is 79.9. The highest BCUT2D eigenvalue weighted by Crippen LogP contribution is 2.19. The maximum Gasteiger partial charge on any atom is 0.119 e. The maximum absolute atomic E-state index is 5.86. The second-order valence-electron chi connectivity index (χ2n) is 8.20. The van der Waals surface area contributed by atoms with Gasteiger partial charge >= 0.3 is 0 Å². The molecule has 2 nitrogen and oxygen atoms in total. The average molecular weight is 548 g/mol. The molecule has 0 radical (unpaired) electrons. The van der Waals surface area contributed by atoms with E-state index in [2.05, 4.69) is 31.9 Å². The van der Waals surface area contributed by atoms with Crippen LogP contribution in [-0.2, 0) is 0 Å². The summed E-state index contributed by atoms with van der Waals surface area (Å²) in [5.41, 5.74) is 0. The summed E-state index contributed by atoms with van der Waals surface area (Å²) in [6.07, 6.45) is 21.1. The Morgan fingerprint density at radius 2 is 0.667 bits per heavy atom. The summed E-state index contributed by atoms with van der Waals surface area (Å²) in [6, 6.07) is 8.14. The summed E-state index contributed by atoms with van der Waals surface area (Å²) in [7, 11) is 0. The molecule has 0 N–H and O–H groups in total. The molecule has 1 rings (SSSR count). The minimum atomic E-state index is 0.819. The molecule has 0 aromatic heterocycles. The van der Waals surface area contributed by atoms with Crippen LogP contribution in [0, 0.1) is 0 Å². The van der Waals surface area contributed by atoms with E-state index in [4.69, 9.17) is 9.47 Å². The fourth-order valence-electron chi connectivity index (χ4n) is 3.53. The standard InChI is InChI=1S/C26H44Br2O2/c27-21-13-9-5-1-3-7-11-15-23-29-25-17-19-26(20-18-25)30-24-16-12-8-4-2-6-10-14-22-28/h17-20H,1-16,21-24H2. The van der Waals surface area contributed by atoms with E-state index in [9.17, 15) is 0 Å². The van der Waals surface area contributed by atoms with Gasteiger partial charge in [-0.3, -0.25) is 0 Å². The van der Waals surface area contributed by atoms with Crippen molar-refractivity contribution in [2.24, 2.45) is 0 Å². The molecule has 0 unspecified atom stereocenters. The molecule has 0 bridgehead atoms. The zero-order valence-corrected chi connectivity index (χ0v) is 22.2. The van der Waals surface area contributed by atoms with Crippen LogP contribution in [0.5, 0.6) is 11.5 Å². The third-order valence-corrected chi connectivity index (χ3v) is 6.54. The number of benzene rings is 1. The Balaban J connectivity index is 1.92. The van der Waals surface area contributed by atoms with Crippen molar-refractivity contribution in [2.75, 3.05) is 23.9 Å². The smallest absolute Gasteiger partial charge is 0.119 e. The molecule has 0 saturated carbocycles.